The van der Waals surface area contributed by atoms with E-state index < -0.39 is 10.6 Å². The first kappa shape index (κ1) is 5.97. The minimum absolute atomic E-state index is 0.0764. The second-order valence-corrected chi connectivity index (χ2v) is 5.52. The zero-order chi connectivity index (χ0) is 6.54. The van der Waals surface area contributed by atoms with Gasteiger partial charge in [-0.15, -0.1) is 0 Å². The summed E-state index contributed by atoms with van der Waals surface area (Å²) in [6.07, 6.45) is 1.00. The Balaban J connectivity index is 2.13. The normalized spacial score (nSPS) is 38.9. The molecular weight excluding hydrogens is 138 g/mol. The Bertz CT molecular complexity index is 138. The topological polar surface area (TPSA) is 52.5 Å². The van der Waals surface area contributed by atoms with Gasteiger partial charge in [-0.05, 0) is 6.42 Å². The maximum atomic E-state index is 9.28. The maximum absolute atomic E-state index is 9.28. The zero-order valence-electron chi connectivity index (χ0n) is 5.13. The lowest BCUT2D eigenvalue weighted by Gasteiger charge is -2.64. The molecule has 0 unspecified atom stereocenters. The summed E-state index contributed by atoms with van der Waals surface area (Å²) in [4.78, 5) is 0. The summed E-state index contributed by atoms with van der Waals surface area (Å²) in [6.45, 7) is 1.63. The highest BCUT2D eigenvalue weighted by molar-refractivity contribution is 8.26. The number of hydrogen-bond acceptors (Lipinski definition) is 3. The van der Waals surface area contributed by atoms with Gasteiger partial charge in [-0.1, -0.05) is 0 Å². The molecule has 2 aliphatic rings. The van der Waals surface area contributed by atoms with Crippen molar-refractivity contribution in [2.24, 2.45) is 0 Å². The van der Waals surface area contributed by atoms with Crippen LogP contribution in [0.2, 0.25) is 0 Å². The molecule has 2 rings (SSSR count). The van der Waals surface area contributed by atoms with Crippen molar-refractivity contribution in [3.05, 3.63) is 0 Å². The van der Waals surface area contributed by atoms with Crippen molar-refractivity contribution in [1.29, 1.82) is 0 Å². The second-order valence-electron chi connectivity index (χ2n) is 2.91. The van der Waals surface area contributed by atoms with Gasteiger partial charge in [0.25, 0.3) is 0 Å². The SMILES string of the molecule is OS1(O)CCC12CNC2. The third-order valence-corrected chi connectivity index (χ3v) is 5.08. The molecule has 0 saturated carbocycles. The molecule has 0 radical (unpaired) electrons. The molecule has 3 N–H and O–H groups in total. The van der Waals surface area contributed by atoms with Gasteiger partial charge in [0.15, 0.2) is 0 Å². The number of rotatable bonds is 0. The summed E-state index contributed by atoms with van der Waals surface area (Å²) >= 11 is 0. The fraction of sp³-hybridized carbons (Fsp3) is 1.00. The van der Waals surface area contributed by atoms with Gasteiger partial charge in [0.1, 0.15) is 0 Å². The molecule has 0 aromatic carbocycles. The molecule has 3 nitrogen and oxygen atoms in total. The van der Waals surface area contributed by atoms with Crippen LogP contribution in [-0.4, -0.2) is 32.7 Å². The Hall–Kier alpha value is 0.230. The Labute approximate surface area is 55.8 Å². The van der Waals surface area contributed by atoms with Crippen LogP contribution in [0.15, 0.2) is 0 Å². The van der Waals surface area contributed by atoms with Gasteiger partial charge in [-0.2, -0.15) is 10.6 Å². The van der Waals surface area contributed by atoms with Crippen LogP contribution in [-0.2, 0) is 0 Å². The predicted molar refractivity (Wildman–Crippen MR) is 37.9 cm³/mol. The number of hydrogen-bond donors (Lipinski definition) is 3. The first-order chi connectivity index (χ1) is 4.16. The van der Waals surface area contributed by atoms with Gasteiger partial charge in [0, 0.05) is 18.8 Å². The van der Waals surface area contributed by atoms with Crippen LogP contribution in [0.3, 0.4) is 0 Å². The van der Waals surface area contributed by atoms with E-state index in [1.807, 2.05) is 0 Å². The van der Waals surface area contributed by atoms with Gasteiger partial charge in [0.2, 0.25) is 0 Å². The molecule has 2 aliphatic heterocycles. The van der Waals surface area contributed by atoms with Gasteiger partial charge >= 0.3 is 0 Å². The monoisotopic (exact) mass is 149 g/mol. The van der Waals surface area contributed by atoms with Crippen molar-refractivity contribution in [1.82, 2.24) is 5.32 Å². The van der Waals surface area contributed by atoms with Crippen molar-refractivity contribution in [3.8, 4) is 0 Å². The second kappa shape index (κ2) is 1.45. The van der Waals surface area contributed by atoms with Crippen molar-refractivity contribution in [3.63, 3.8) is 0 Å². The molecule has 0 amide bonds. The Morgan fingerprint density at radius 3 is 2.00 bits per heavy atom. The molecule has 0 aliphatic carbocycles. The van der Waals surface area contributed by atoms with E-state index in [0.29, 0.717) is 5.75 Å². The molecule has 1 spiro atoms. The smallest absolute Gasteiger partial charge is 0.0856 e. The zero-order valence-corrected chi connectivity index (χ0v) is 5.95. The van der Waals surface area contributed by atoms with Crippen molar-refractivity contribution < 1.29 is 9.11 Å². The molecule has 0 aromatic heterocycles. The molecule has 2 fully saturated rings. The largest absolute Gasteiger partial charge is 0.312 e. The summed E-state index contributed by atoms with van der Waals surface area (Å²) in [7, 11) is -2.15. The van der Waals surface area contributed by atoms with Crippen LogP contribution in [0, 0.1) is 0 Å². The highest BCUT2D eigenvalue weighted by Crippen LogP contribution is 2.65. The Morgan fingerprint density at radius 2 is 2.00 bits per heavy atom. The summed E-state index contributed by atoms with van der Waals surface area (Å²) in [5, 5.41) is 3.06. The van der Waals surface area contributed by atoms with Gasteiger partial charge < -0.3 is 5.32 Å². The third kappa shape index (κ3) is 0.544. The standard InChI is InChI=1S/C5H11NO2S/c7-9(8)2-1-5(9)3-6-4-5/h6-8H,1-4H2. The predicted octanol–water partition coefficient (Wildman–Crippen LogP) is 0.483. The Morgan fingerprint density at radius 1 is 1.33 bits per heavy atom. The van der Waals surface area contributed by atoms with Gasteiger partial charge in [-0.3, -0.25) is 9.11 Å². The molecule has 2 saturated heterocycles. The molecule has 9 heavy (non-hydrogen) atoms. The van der Waals surface area contributed by atoms with Gasteiger partial charge in [0.05, 0.1) is 4.75 Å². The average Bonchev–Trinajstić information content (AvgIpc) is 1.59. The van der Waals surface area contributed by atoms with E-state index in [-0.39, 0.29) is 4.75 Å². The highest BCUT2D eigenvalue weighted by Gasteiger charge is 2.55. The first-order valence-corrected chi connectivity index (χ1v) is 4.84. The highest BCUT2D eigenvalue weighted by atomic mass is 32.3. The molecule has 2 heterocycles. The maximum Gasteiger partial charge on any atom is 0.0856 e. The van der Waals surface area contributed by atoms with Crippen molar-refractivity contribution >= 4 is 10.6 Å². The lowest BCUT2D eigenvalue weighted by atomic mass is 9.98. The average molecular weight is 149 g/mol. The first-order valence-electron chi connectivity index (χ1n) is 3.13. The minimum Gasteiger partial charge on any atom is -0.312 e. The van der Waals surface area contributed by atoms with Crippen LogP contribution in [0.4, 0.5) is 0 Å². The van der Waals surface area contributed by atoms with Crippen molar-refractivity contribution in [2.75, 3.05) is 18.8 Å². The van der Waals surface area contributed by atoms with Crippen LogP contribution in [0.5, 0.6) is 0 Å². The molecule has 0 atom stereocenters. The van der Waals surface area contributed by atoms with E-state index in [2.05, 4.69) is 5.32 Å². The van der Waals surface area contributed by atoms with Crippen LogP contribution in [0.25, 0.3) is 0 Å². The van der Waals surface area contributed by atoms with E-state index in [9.17, 15) is 9.11 Å². The summed E-state index contributed by atoms with van der Waals surface area (Å²) < 4.78 is 18.5. The van der Waals surface area contributed by atoms with Crippen molar-refractivity contribution in [2.45, 2.75) is 11.2 Å². The Kier molecular flexibility index (Phi) is 0.962. The van der Waals surface area contributed by atoms with E-state index in [4.69, 9.17) is 0 Å². The molecule has 0 bridgehead atoms. The fourth-order valence-electron chi connectivity index (χ4n) is 1.39. The summed E-state index contributed by atoms with van der Waals surface area (Å²) in [5.41, 5.74) is 0. The van der Waals surface area contributed by atoms with E-state index in [0.717, 1.165) is 19.5 Å². The molecule has 4 heteroatoms. The third-order valence-electron chi connectivity index (χ3n) is 2.43. The van der Waals surface area contributed by atoms with Crippen LogP contribution < -0.4 is 5.32 Å². The lowest BCUT2D eigenvalue weighted by Crippen LogP contribution is -2.67. The molecule has 0 aromatic rings. The summed E-state index contributed by atoms with van der Waals surface area (Å²) in [5.74, 6) is 0.634. The lowest BCUT2D eigenvalue weighted by molar-refractivity contribution is 0.284. The minimum atomic E-state index is -2.15. The number of nitrogens with one attached hydrogen (secondary N) is 1. The molecule has 54 valence electrons. The van der Waals surface area contributed by atoms with Crippen LogP contribution in [0.1, 0.15) is 6.42 Å². The van der Waals surface area contributed by atoms with E-state index in [1.165, 1.54) is 0 Å². The van der Waals surface area contributed by atoms with Gasteiger partial charge in [-0.25, -0.2) is 0 Å². The summed E-state index contributed by atoms with van der Waals surface area (Å²) in [6, 6.07) is 0. The van der Waals surface area contributed by atoms with E-state index in [1.54, 1.807) is 0 Å². The van der Waals surface area contributed by atoms with E-state index >= 15 is 0 Å². The molecular formula is C5H11NO2S. The van der Waals surface area contributed by atoms with Crippen LogP contribution >= 0.6 is 10.6 Å². The quantitative estimate of drug-likeness (QED) is 0.469. The fourth-order valence-corrected chi connectivity index (χ4v) is 3.20.